The minimum atomic E-state index is -0.575. The van der Waals surface area contributed by atoms with E-state index in [1.807, 2.05) is 6.07 Å². The van der Waals surface area contributed by atoms with Crippen LogP contribution < -0.4 is 4.74 Å². The molecule has 0 heterocycles. The van der Waals surface area contributed by atoms with Gasteiger partial charge in [-0.3, -0.25) is 0 Å². The van der Waals surface area contributed by atoms with Crippen LogP contribution in [-0.2, 0) is 25.7 Å². The third-order valence-corrected chi connectivity index (χ3v) is 5.83. The van der Waals surface area contributed by atoms with Gasteiger partial charge in [-0.05, 0) is 90.4 Å². The third kappa shape index (κ3) is 5.67. The van der Waals surface area contributed by atoms with E-state index in [9.17, 15) is 35.7 Å². The maximum atomic E-state index is 10.3. The van der Waals surface area contributed by atoms with Gasteiger partial charge in [0.15, 0.2) is 40.2 Å². The van der Waals surface area contributed by atoms with Crippen LogP contribution in [0.4, 0.5) is 0 Å². The summed E-state index contributed by atoms with van der Waals surface area (Å²) in [6.07, 6.45) is 1.85. The molecule has 0 fully saturated rings. The standard InChI is InChI=1S/C28H26O8/c29-20-3-1-2-16(10-20)6-8-19-14-27(23(32)15-22(19)31)36-26-13-17(7-9-21(26)30)4-5-18-11-24(33)28(35)25(34)12-18/h1-3,7,9-15,29-35H,4-6,8H2. The monoisotopic (exact) mass is 490 g/mol. The van der Waals surface area contributed by atoms with Gasteiger partial charge in [0, 0.05) is 6.07 Å². The van der Waals surface area contributed by atoms with Crippen LogP contribution in [0.1, 0.15) is 22.3 Å². The van der Waals surface area contributed by atoms with E-state index in [0.29, 0.717) is 36.8 Å². The summed E-state index contributed by atoms with van der Waals surface area (Å²) in [5, 5.41) is 69.4. The Labute approximate surface area is 207 Å². The smallest absolute Gasteiger partial charge is 0.200 e. The van der Waals surface area contributed by atoms with Crippen LogP contribution in [-0.4, -0.2) is 35.7 Å². The molecule has 0 aliphatic heterocycles. The number of rotatable bonds is 8. The van der Waals surface area contributed by atoms with Crippen LogP contribution in [0.5, 0.6) is 51.7 Å². The lowest BCUT2D eigenvalue weighted by Gasteiger charge is -2.14. The van der Waals surface area contributed by atoms with Crippen molar-refractivity contribution in [3.05, 3.63) is 89.0 Å². The predicted molar refractivity (Wildman–Crippen MR) is 132 cm³/mol. The number of hydrogen-bond donors (Lipinski definition) is 7. The highest BCUT2D eigenvalue weighted by Gasteiger charge is 2.14. The van der Waals surface area contributed by atoms with E-state index >= 15 is 0 Å². The Balaban J connectivity index is 1.50. The molecule has 186 valence electrons. The van der Waals surface area contributed by atoms with Gasteiger partial charge in [0.1, 0.15) is 11.5 Å². The second-order valence-electron chi connectivity index (χ2n) is 8.51. The Morgan fingerprint density at radius 1 is 0.472 bits per heavy atom. The van der Waals surface area contributed by atoms with E-state index in [4.69, 9.17) is 4.74 Å². The fraction of sp³-hybridized carbons (Fsp3) is 0.143. The summed E-state index contributed by atoms with van der Waals surface area (Å²) in [6.45, 7) is 0. The molecule has 0 saturated carbocycles. The third-order valence-electron chi connectivity index (χ3n) is 5.83. The summed E-state index contributed by atoms with van der Waals surface area (Å²) in [5.41, 5.74) is 2.78. The maximum Gasteiger partial charge on any atom is 0.200 e. The summed E-state index contributed by atoms with van der Waals surface area (Å²) in [6, 6.07) is 17.0. The Bertz CT molecular complexity index is 1370. The topological polar surface area (TPSA) is 151 Å². The van der Waals surface area contributed by atoms with Gasteiger partial charge < -0.3 is 40.5 Å². The van der Waals surface area contributed by atoms with Gasteiger partial charge in [0.25, 0.3) is 0 Å². The van der Waals surface area contributed by atoms with Crippen molar-refractivity contribution in [2.75, 3.05) is 0 Å². The van der Waals surface area contributed by atoms with Gasteiger partial charge in [-0.25, -0.2) is 0 Å². The second-order valence-corrected chi connectivity index (χ2v) is 8.51. The number of aryl methyl sites for hydroxylation is 4. The molecule has 0 spiro atoms. The molecule has 0 saturated heterocycles. The zero-order valence-electron chi connectivity index (χ0n) is 19.2. The van der Waals surface area contributed by atoms with Crippen molar-refractivity contribution >= 4 is 0 Å². The SMILES string of the molecule is Oc1cccc(CCc2cc(Oc3cc(CCc4cc(O)c(O)c(O)c4)ccc3O)c(O)cc2O)c1. The van der Waals surface area contributed by atoms with Crippen molar-refractivity contribution in [1.29, 1.82) is 0 Å². The molecule has 8 nitrogen and oxygen atoms in total. The molecule has 7 N–H and O–H groups in total. The molecular weight excluding hydrogens is 464 g/mol. The first-order valence-electron chi connectivity index (χ1n) is 11.3. The number of hydrogen-bond acceptors (Lipinski definition) is 8. The van der Waals surface area contributed by atoms with Crippen LogP contribution in [0, 0.1) is 0 Å². The highest BCUT2D eigenvalue weighted by Crippen LogP contribution is 2.40. The molecule has 0 aromatic heterocycles. The molecule has 0 radical (unpaired) electrons. The van der Waals surface area contributed by atoms with Crippen molar-refractivity contribution in [3.8, 4) is 51.7 Å². The van der Waals surface area contributed by atoms with E-state index < -0.39 is 17.2 Å². The van der Waals surface area contributed by atoms with E-state index in [-0.39, 0.29) is 34.5 Å². The molecule has 0 aliphatic rings. The van der Waals surface area contributed by atoms with Crippen molar-refractivity contribution in [3.63, 3.8) is 0 Å². The Morgan fingerprint density at radius 3 is 1.83 bits per heavy atom. The zero-order chi connectivity index (χ0) is 25.8. The quantitative estimate of drug-likeness (QED) is 0.171. The van der Waals surface area contributed by atoms with Crippen molar-refractivity contribution in [1.82, 2.24) is 0 Å². The average Bonchev–Trinajstić information content (AvgIpc) is 2.83. The summed E-state index contributed by atoms with van der Waals surface area (Å²) in [5.74, 6) is -1.64. The Kier molecular flexibility index (Phi) is 6.96. The largest absolute Gasteiger partial charge is 0.508 e. The van der Waals surface area contributed by atoms with Gasteiger partial charge >= 0.3 is 0 Å². The van der Waals surface area contributed by atoms with Crippen molar-refractivity contribution in [2.45, 2.75) is 25.7 Å². The van der Waals surface area contributed by atoms with Crippen LogP contribution in [0.25, 0.3) is 0 Å². The molecular formula is C28H26O8. The second kappa shape index (κ2) is 10.3. The van der Waals surface area contributed by atoms with Crippen LogP contribution in [0.2, 0.25) is 0 Å². The maximum absolute atomic E-state index is 10.3. The molecule has 0 aliphatic carbocycles. The molecule has 0 unspecified atom stereocenters. The molecule has 8 heteroatoms. The fourth-order valence-corrected chi connectivity index (χ4v) is 3.88. The number of ether oxygens (including phenoxy) is 1. The van der Waals surface area contributed by atoms with E-state index in [2.05, 4.69) is 0 Å². The summed E-state index contributed by atoms with van der Waals surface area (Å²) in [7, 11) is 0. The van der Waals surface area contributed by atoms with Crippen LogP contribution in [0.3, 0.4) is 0 Å². The summed E-state index contributed by atoms with van der Waals surface area (Å²) < 4.78 is 5.79. The van der Waals surface area contributed by atoms with Gasteiger partial charge in [-0.2, -0.15) is 0 Å². The molecule has 0 atom stereocenters. The van der Waals surface area contributed by atoms with E-state index in [1.165, 1.54) is 30.3 Å². The first-order valence-corrected chi connectivity index (χ1v) is 11.3. The molecule has 4 aromatic rings. The molecule has 0 bridgehead atoms. The average molecular weight is 491 g/mol. The minimum Gasteiger partial charge on any atom is -0.508 e. The number of phenols is 7. The number of aromatic hydroxyl groups is 7. The fourth-order valence-electron chi connectivity index (χ4n) is 3.88. The van der Waals surface area contributed by atoms with Crippen LogP contribution in [0.15, 0.2) is 66.7 Å². The zero-order valence-corrected chi connectivity index (χ0v) is 19.2. The lowest BCUT2D eigenvalue weighted by atomic mass is 10.0. The Morgan fingerprint density at radius 2 is 1.11 bits per heavy atom. The molecule has 36 heavy (non-hydrogen) atoms. The summed E-state index contributed by atoms with van der Waals surface area (Å²) >= 11 is 0. The number of benzene rings is 4. The van der Waals surface area contributed by atoms with Crippen molar-refractivity contribution in [2.24, 2.45) is 0 Å². The van der Waals surface area contributed by atoms with E-state index in [1.54, 1.807) is 30.3 Å². The highest BCUT2D eigenvalue weighted by atomic mass is 16.5. The lowest BCUT2D eigenvalue weighted by molar-refractivity contribution is 0.367. The van der Waals surface area contributed by atoms with Gasteiger partial charge in [0.2, 0.25) is 0 Å². The summed E-state index contributed by atoms with van der Waals surface area (Å²) in [4.78, 5) is 0. The van der Waals surface area contributed by atoms with Gasteiger partial charge in [-0.1, -0.05) is 18.2 Å². The van der Waals surface area contributed by atoms with Gasteiger partial charge in [0.05, 0.1) is 0 Å². The normalized spacial score (nSPS) is 10.9. The lowest BCUT2D eigenvalue weighted by Crippen LogP contribution is -1.95. The first kappa shape index (κ1) is 24.4. The molecule has 0 amide bonds. The molecule has 4 rings (SSSR count). The first-order chi connectivity index (χ1) is 17.2. The van der Waals surface area contributed by atoms with Crippen molar-refractivity contribution < 1.29 is 40.5 Å². The van der Waals surface area contributed by atoms with E-state index in [0.717, 1.165) is 11.1 Å². The molecule has 4 aromatic carbocycles. The Hall–Kier alpha value is -4.72. The predicted octanol–water partition coefficient (Wildman–Crippen LogP) is 4.99. The minimum absolute atomic E-state index is 0.0551. The van der Waals surface area contributed by atoms with Gasteiger partial charge in [-0.15, -0.1) is 0 Å². The number of phenolic OH excluding ortho intramolecular Hbond substituents is 7. The van der Waals surface area contributed by atoms with Crippen LogP contribution >= 0.6 is 0 Å². The highest BCUT2D eigenvalue weighted by molar-refractivity contribution is 5.54.